The Kier molecular flexibility index (Phi) is 3.53. The summed E-state index contributed by atoms with van der Waals surface area (Å²) in [6.45, 7) is 2.09. The third kappa shape index (κ3) is 2.20. The first kappa shape index (κ1) is 10.0. The molecule has 2 unspecified atom stereocenters. The minimum Gasteiger partial charge on any atom is -0.391 e. The average Bonchev–Trinajstić information content (AvgIpc) is 2.06. The Morgan fingerprint density at radius 3 is 2.83 bits per heavy atom. The largest absolute Gasteiger partial charge is 0.391 e. The van der Waals surface area contributed by atoms with Crippen LogP contribution in [0.5, 0.6) is 0 Å². The highest BCUT2D eigenvalue weighted by molar-refractivity contribution is 9.10. The van der Waals surface area contributed by atoms with Crippen molar-refractivity contribution < 1.29 is 5.11 Å². The quantitative estimate of drug-likeness (QED) is 0.740. The number of allylic oxidation sites excluding steroid dienone is 3. The molecule has 1 N–H and O–H groups in total. The number of rotatable bonds is 3. The van der Waals surface area contributed by atoms with Gasteiger partial charge in [-0.25, -0.2) is 0 Å². The summed E-state index contributed by atoms with van der Waals surface area (Å²) >= 11 is 3.57. The molecule has 0 aromatic carbocycles. The van der Waals surface area contributed by atoms with E-state index in [-0.39, 0.29) is 10.4 Å². The smallest absolute Gasteiger partial charge is 0.0732 e. The molecule has 0 fully saturated rings. The minimum atomic E-state index is -0.274. The monoisotopic (exact) mass is 230 g/mol. The van der Waals surface area contributed by atoms with Crippen LogP contribution in [0, 0.1) is 0 Å². The molecule has 0 heterocycles. The molecule has 0 aliphatic heterocycles. The van der Waals surface area contributed by atoms with Crippen LogP contribution in [0.15, 0.2) is 24.3 Å². The second-order valence-corrected chi connectivity index (χ2v) is 4.70. The summed E-state index contributed by atoms with van der Waals surface area (Å²) in [6.07, 6.45) is 10.6. The lowest BCUT2D eigenvalue weighted by molar-refractivity contribution is 0.138. The summed E-state index contributed by atoms with van der Waals surface area (Å²) in [5, 5.41) is 9.80. The highest BCUT2D eigenvalue weighted by Gasteiger charge is 2.31. The highest BCUT2D eigenvalue weighted by atomic mass is 79.9. The van der Waals surface area contributed by atoms with Crippen molar-refractivity contribution in [2.24, 2.45) is 0 Å². The van der Waals surface area contributed by atoms with Crippen molar-refractivity contribution in [2.75, 3.05) is 0 Å². The van der Waals surface area contributed by atoms with Crippen molar-refractivity contribution in [3.8, 4) is 0 Å². The van der Waals surface area contributed by atoms with Gasteiger partial charge >= 0.3 is 0 Å². The third-order valence-corrected chi connectivity index (χ3v) is 3.28. The molecule has 68 valence electrons. The van der Waals surface area contributed by atoms with Crippen molar-refractivity contribution in [3.63, 3.8) is 0 Å². The predicted molar refractivity (Wildman–Crippen MR) is 55.5 cm³/mol. The lowest BCUT2D eigenvalue weighted by Crippen LogP contribution is -2.34. The fourth-order valence-electron chi connectivity index (χ4n) is 1.37. The molecular formula is C10H15BrO. The van der Waals surface area contributed by atoms with Crippen molar-refractivity contribution in [3.05, 3.63) is 24.3 Å². The number of hydrogen-bond donors (Lipinski definition) is 1. The van der Waals surface area contributed by atoms with Gasteiger partial charge in [-0.2, -0.15) is 0 Å². The molecule has 1 nitrogen and oxygen atoms in total. The van der Waals surface area contributed by atoms with Gasteiger partial charge in [0.25, 0.3) is 0 Å². The summed E-state index contributed by atoms with van der Waals surface area (Å²) in [5.74, 6) is 0. The van der Waals surface area contributed by atoms with Gasteiger partial charge in [0, 0.05) is 0 Å². The molecule has 0 aromatic rings. The van der Waals surface area contributed by atoms with E-state index in [1.54, 1.807) is 0 Å². The van der Waals surface area contributed by atoms with Gasteiger partial charge in [-0.1, -0.05) is 53.6 Å². The molecule has 1 aliphatic carbocycles. The van der Waals surface area contributed by atoms with E-state index < -0.39 is 0 Å². The van der Waals surface area contributed by atoms with Crippen LogP contribution in [0.3, 0.4) is 0 Å². The fourth-order valence-corrected chi connectivity index (χ4v) is 1.94. The molecule has 2 heteroatoms. The number of halogens is 1. The first-order chi connectivity index (χ1) is 5.69. The van der Waals surface area contributed by atoms with Gasteiger partial charge in [0.1, 0.15) is 0 Å². The third-order valence-electron chi connectivity index (χ3n) is 2.17. The van der Waals surface area contributed by atoms with Crippen LogP contribution in [0.25, 0.3) is 0 Å². The number of alkyl halides is 1. The van der Waals surface area contributed by atoms with E-state index >= 15 is 0 Å². The van der Waals surface area contributed by atoms with E-state index in [0.29, 0.717) is 0 Å². The summed E-state index contributed by atoms with van der Waals surface area (Å²) in [6, 6.07) is 0. The SMILES string of the molecule is CCCC(O)C1(Br)C=CC=CC1. The summed E-state index contributed by atoms with van der Waals surface area (Å²) in [5.41, 5.74) is 0. The van der Waals surface area contributed by atoms with Gasteiger partial charge in [0.2, 0.25) is 0 Å². The van der Waals surface area contributed by atoms with E-state index in [4.69, 9.17) is 0 Å². The first-order valence-electron chi connectivity index (χ1n) is 4.40. The van der Waals surface area contributed by atoms with E-state index in [0.717, 1.165) is 19.3 Å². The van der Waals surface area contributed by atoms with Crippen molar-refractivity contribution in [2.45, 2.75) is 36.6 Å². The van der Waals surface area contributed by atoms with Crippen LogP contribution < -0.4 is 0 Å². The van der Waals surface area contributed by atoms with Crippen LogP contribution in [0.4, 0.5) is 0 Å². The summed E-state index contributed by atoms with van der Waals surface area (Å²) < 4.78 is -0.211. The molecule has 0 radical (unpaired) electrons. The Morgan fingerprint density at radius 2 is 2.33 bits per heavy atom. The molecular weight excluding hydrogens is 216 g/mol. The lowest BCUT2D eigenvalue weighted by atomic mass is 9.92. The number of hydrogen-bond acceptors (Lipinski definition) is 1. The average molecular weight is 231 g/mol. The first-order valence-corrected chi connectivity index (χ1v) is 5.19. The van der Waals surface area contributed by atoms with Crippen LogP contribution in [-0.4, -0.2) is 15.5 Å². The van der Waals surface area contributed by atoms with Gasteiger partial charge in [-0.15, -0.1) is 0 Å². The van der Waals surface area contributed by atoms with E-state index in [1.165, 1.54) is 0 Å². The molecule has 0 saturated heterocycles. The topological polar surface area (TPSA) is 20.2 Å². The molecule has 1 aliphatic rings. The second-order valence-electron chi connectivity index (χ2n) is 3.22. The minimum absolute atomic E-state index is 0.211. The van der Waals surface area contributed by atoms with Crippen molar-refractivity contribution in [1.82, 2.24) is 0 Å². The molecule has 12 heavy (non-hydrogen) atoms. The summed E-state index contributed by atoms with van der Waals surface area (Å²) in [7, 11) is 0. The maximum atomic E-state index is 9.80. The van der Waals surface area contributed by atoms with Crippen molar-refractivity contribution in [1.29, 1.82) is 0 Å². The number of aliphatic hydroxyl groups excluding tert-OH is 1. The maximum Gasteiger partial charge on any atom is 0.0732 e. The zero-order chi connectivity index (χ0) is 9.03. The summed E-state index contributed by atoms with van der Waals surface area (Å²) in [4.78, 5) is 0. The lowest BCUT2D eigenvalue weighted by Gasteiger charge is -2.29. The normalized spacial score (nSPS) is 30.6. The van der Waals surface area contributed by atoms with Gasteiger partial charge in [-0.05, 0) is 12.8 Å². The van der Waals surface area contributed by atoms with Gasteiger partial charge in [-0.3, -0.25) is 0 Å². The fraction of sp³-hybridized carbons (Fsp3) is 0.600. The van der Waals surface area contributed by atoms with E-state index in [1.807, 2.05) is 18.2 Å². The predicted octanol–water partition coefficient (Wildman–Crippen LogP) is 2.80. The Balaban J connectivity index is 2.58. The molecule has 0 bridgehead atoms. The second kappa shape index (κ2) is 4.24. The standard InChI is InChI=1S/C10H15BrO/c1-2-6-9(12)10(11)7-4-3-5-8-10/h3-5,7,9,12H,2,6,8H2,1H3. The molecule has 2 atom stereocenters. The Labute approximate surface area is 82.3 Å². The molecule has 1 rings (SSSR count). The van der Waals surface area contributed by atoms with Gasteiger partial charge in [0.05, 0.1) is 10.4 Å². The molecule has 0 saturated carbocycles. The van der Waals surface area contributed by atoms with Crippen LogP contribution >= 0.6 is 15.9 Å². The Bertz CT molecular complexity index is 198. The maximum absolute atomic E-state index is 9.80. The zero-order valence-corrected chi connectivity index (χ0v) is 8.92. The molecule has 0 aromatic heterocycles. The van der Waals surface area contributed by atoms with Crippen LogP contribution in [-0.2, 0) is 0 Å². The van der Waals surface area contributed by atoms with Crippen LogP contribution in [0.1, 0.15) is 26.2 Å². The molecule has 0 amide bonds. The van der Waals surface area contributed by atoms with E-state index in [9.17, 15) is 5.11 Å². The van der Waals surface area contributed by atoms with Gasteiger partial charge in [0.15, 0.2) is 0 Å². The number of aliphatic hydroxyl groups is 1. The van der Waals surface area contributed by atoms with Crippen LogP contribution in [0.2, 0.25) is 0 Å². The Morgan fingerprint density at radius 1 is 1.58 bits per heavy atom. The van der Waals surface area contributed by atoms with Crippen molar-refractivity contribution >= 4 is 15.9 Å². The highest BCUT2D eigenvalue weighted by Crippen LogP contribution is 2.33. The molecule has 0 spiro atoms. The Hall–Kier alpha value is -0.0800. The van der Waals surface area contributed by atoms with Gasteiger partial charge < -0.3 is 5.11 Å². The van der Waals surface area contributed by atoms with E-state index in [2.05, 4.69) is 28.9 Å². The zero-order valence-electron chi connectivity index (χ0n) is 7.33.